The van der Waals surface area contributed by atoms with Gasteiger partial charge in [-0.1, -0.05) is 6.07 Å². The van der Waals surface area contributed by atoms with Crippen LogP contribution in [0, 0.1) is 0 Å². The third-order valence-corrected chi connectivity index (χ3v) is 2.70. The van der Waals surface area contributed by atoms with Crippen molar-refractivity contribution in [3.05, 3.63) is 24.3 Å². The zero-order chi connectivity index (χ0) is 12.0. The molecule has 0 saturated carbocycles. The van der Waals surface area contributed by atoms with Gasteiger partial charge in [0.2, 0.25) is 0 Å². The molecule has 0 aliphatic carbocycles. The van der Waals surface area contributed by atoms with Gasteiger partial charge in [0.1, 0.15) is 0 Å². The molecule has 1 atom stereocenters. The second-order valence-corrected chi connectivity index (χ2v) is 3.90. The van der Waals surface area contributed by atoms with Crippen molar-refractivity contribution in [1.29, 1.82) is 0 Å². The molecule has 16 heavy (non-hydrogen) atoms. The maximum absolute atomic E-state index is 9.21. The lowest BCUT2D eigenvalue weighted by Gasteiger charge is -2.29. The Hall–Kier alpha value is -1.22. The van der Waals surface area contributed by atoms with Crippen LogP contribution in [0.2, 0.25) is 0 Å². The minimum Gasteiger partial charge on any atom is -0.394 e. The smallest absolute Gasteiger partial charge is 0.0632 e. The van der Waals surface area contributed by atoms with E-state index in [0.29, 0.717) is 0 Å². The third-order valence-electron chi connectivity index (χ3n) is 2.70. The maximum Gasteiger partial charge on any atom is 0.0632 e. The number of aliphatic hydroxyl groups is 1. The molecule has 1 rings (SSSR count). The first-order valence-corrected chi connectivity index (χ1v) is 5.94. The second kappa shape index (κ2) is 6.38. The second-order valence-electron chi connectivity index (χ2n) is 3.90. The Balaban J connectivity index is 2.87. The number of hydrogen-bond donors (Lipinski definition) is 2. The Morgan fingerprint density at radius 2 is 2.12 bits per heavy atom. The van der Waals surface area contributed by atoms with E-state index in [1.807, 2.05) is 13.0 Å². The highest BCUT2D eigenvalue weighted by molar-refractivity contribution is 5.58. The molecule has 0 aliphatic rings. The lowest BCUT2D eigenvalue weighted by Crippen LogP contribution is -2.35. The van der Waals surface area contributed by atoms with E-state index >= 15 is 0 Å². The molecule has 0 aliphatic heterocycles. The van der Waals surface area contributed by atoms with Gasteiger partial charge in [-0.15, -0.1) is 0 Å². The van der Waals surface area contributed by atoms with Gasteiger partial charge >= 0.3 is 0 Å². The number of likely N-dealkylation sites (N-methyl/N-ethyl adjacent to an activating group) is 1. The highest BCUT2D eigenvalue weighted by atomic mass is 16.3. The fourth-order valence-corrected chi connectivity index (χ4v) is 1.85. The van der Waals surface area contributed by atoms with Gasteiger partial charge < -0.3 is 15.3 Å². The molecule has 0 spiro atoms. The van der Waals surface area contributed by atoms with Gasteiger partial charge in [0.05, 0.1) is 6.61 Å². The lowest BCUT2D eigenvalue weighted by molar-refractivity contribution is 0.267. The van der Waals surface area contributed by atoms with E-state index < -0.39 is 0 Å². The van der Waals surface area contributed by atoms with Gasteiger partial charge in [0.25, 0.3) is 0 Å². The summed E-state index contributed by atoms with van der Waals surface area (Å²) in [5, 5.41) is 12.5. The summed E-state index contributed by atoms with van der Waals surface area (Å²) >= 11 is 0. The maximum atomic E-state index is 9.21. The van der Waals surface area contributed by atoms with Crippen LogP contribution in [0.15, 0.2) is 24.3 Å². The van der Waals surface area contributed by atoms with Gasteiger partial charge in [-0.2, -0.15) is 0 Å². The minimum atomic E-state index is 0.155. The normalized spacial score (nSPS) is 12.2. The molecule has 0 saturated heterocycles. The van der Waals surface area contributed by atoms with E-state index in [1.54, 1.807) is 0 Å². The lowest BCUT2D eigenvalue weighted by atomic mass is 10.2. The third kappa shape index (κ3) is 3.14. The fourth-order valence-electron chi connectivity index (χ4n) is 1.85. The van der Waals surface area contributed by atoms with Gasteiger partial charge in [-0.3, -0.25) is 0 Å². The highest BCUT2D eigenvalue weighted by Crippen LogP contribution is 2.21. The first-order chi connectivity index (χ1) is 7.72. The van der Waals surface area contributed by atoms with Crippen LogP contribution in [0.5, 0.6) is 0 Å². The van der Waals surface area contributed by atoms with Crippen LogP contribution < -0.4 is 10.2 Å². The van der Waals surface area contributed by atoms with Gasteiger partial charge in [0.15, 0.2) is 0 Å². The summed E-state index contributed by atoms with van der Waals surface area (Å²) < 4.78 is 0. The van der Waals surface area contributed by atoms with Gasteiger partial charge in [-0.25, -0.2) is 0 Å². The molecular formula is C13H22N2O. The summed E-state index contributed by atoms with van der Waals surface area (Å²) in [5.74, 6) is 0. The number of benzene rings is 1. The Morgan fingerprint density at radius 1 is 1.38 bits per heavy atom. The van der Waals surface area contributed by atoms with Crippen LogP contribution >= 0.6 is 0 Å². The largest absolute Gasteiger partial charge is 0.394 e. The van der Waals surface area contributed by atoms with Crippen molar-refractivity contribution in [2.45, 2.75) is 26.8 Å². The standard InChI is InChI=1S/C13H22N2O/c1-4-14-12-7-6-8-13(9-12)15(5-2)11(3)10-16/h6-9,11,14,16H,4-5,10H2,1-3H3. The van der Waals surface area contributed by atoms with E-state index in [-0.39, 0.29) is 12.6 Å². The Morgan fingerprint density at radius 3 is 2.69 bits per heavy atom. The van der Waals surface area contributed by atoms with Crippen LogP contribution in [0.3, 0.4) is 0 Å². The monoisotopic (exact) mass is 222 g/mol. The van der Waals surface area contributed by atoms with Crippen molar-refractivity contribution in [3.63, 3.8) is 0 Å². The van der Waals surface area contributed by atoms with Gasteiger partial charge in [0, 0.05) is 30.5 Å². The predicted molar refractivity (Wildman–Crippen MR) is 70.2 cm³/mol. The summed E-state index contributed by atoms with van der Waals surface area (Å²) in [7, 11) is 0. The summed E-state index contributed by atoms with van der Waals surface area (Å²) in [4.78, 5) is 2.20. The van der Waals surface area contributed by atoms with Gasteiger partial charge in [-0.05, 0) is 39.0 Å². The van der Waals surface area contributed by atoms with E-state index in [1.165, 1.54) is 0 Å². The van der Waals surface area contributed by atoms with Crippen LogP contribution in [-0.2, 0) is 0 Å². The van der Waals surface area contributed by atoms with E-state index in [2.05, 4.69) is 42.3 Å². The topological polar surface area (TPSA) is 35.5 Å². The predicted octanol–water partition coefficient (Wildman–Crippen LogP) is 2.33. The van der Waals surface area contributed by atoms with Crippen LogP contribution in [0.1, 0.15) is 20.8 Å². The Bertz CT molecular complexity index is 315. The first kappa shape index (κ1) is 12.8. The summed E-state index contributed by atoms with van der Waals surface area (Å²) in [5.41, 5.74) is 2.28. The van der Waals surface area contributed by atoms with E-state index in [0.717, 1.165) is 24.5 Å². The number of aliphatic hydroxyl groups excluding tert-OH is 1. The van der Waals surface area contributed by atoms with Crippen LogP contribution in [-0.4, -0.2) is 30.8 Å². The summed E-state index contributed by atoms with van der Waals surface area (Å²) in [6.07, 6.45) is 0. The SMILES string of the molecule is CCNc1cccc(N(CC)C(C)CO)c1. The molecular weight excluding hydrogens is 200 g/mol. The minimum absolute atomic E-state index is 0.155. The molecule has 1 unspecified atom stereocenters. The van der Waals surface area contributed by atoms with Crippen molar-refractivity contribution >= 4 is 11.4 Å². The van der Waals surface area contributed by atoms with Crippen molar-refractivity contribution in [2.75, 3.05) is 29.9 Å². The first-order valence-electron chi connectivity index (χ1n) is 5.94. The van der Waals surface area contributed by atoms with E-state index in [9.17, 15) is 5.11 Å². The van der Waals surface area contributed by atoms with Crippen molar-refractivity contribution < 1.29 is 5.11 Å². The molecule has 3 heteroatoms. The molecule has 0 heterocycles. The fraction of sp³-hybridized carbons (Fsp3) is 0.538. The average molecular weight is 222 g/mol. The molecule has 3 nitrogen and oxygen atoms in total. The number of nitrogens with one attached hydrogen (secondary N) is 1. The number of hydrogen-bond acceptors (Lipinski definition) is 3. The molecule has 0 amide bonds. The summed E-state index contributed by atoms with van der Waals surface area (Å²) in [6.45, 7) is 8.22. The van der Waals surface area contributed by atoms with E-state index in [4.69, 9.17) is 0 Å². The Labute approximate surface area is 98.1 Å². The van der Waals surface area contributed by atoms with Crippen LogP contribution in [0.25, 0.3) is 0 Å². The molecule has 0 aromatic heterocycles. The molecule has 90 valence electrons. The zero-order valence-electron chi connectivity index (χ0n) is 10.4. The Kier molecular flexibility index (Phi) is 5.12. The molecule has 0 fully saturated rings. The number of anilines is 2. The molecule has 2 N–H and O–H groups in total. The van der Waals surface area contributed by atoms with Crippen molar-refractivity contribution in [3.8, 4) is 0 Å². The molecule has 1 aromatic rings. The van der Waals surface area contributed by atoms with Crippen molar-refractivity contribution in [2.24, 2.45) is 0 Å². The zero-order valence-corrected chi connectivity index (χ0v) is 10.4. The van der Waals surface area contributed by atoms with Crippen LogP contribution in [0.4, 0.5) is 11.4 Å². The average Bonchev–Trinajstić information content (AvgIpc) is 2.31. The quantitative estimate of drug-likeness (QED) is 0.775. The molecule has 1 aromatic carbocycles. The number of nitrogens with zero attached hydrogens (tertiary/aromatic N) is 1. The molecule has 0 radical (unpaired) electrons. The highest BCUT2D eigenvalue weighted by Gasteiger charge is 2.11. The molecule has 0 bridgehead atoms. The van der Waals surface area contributed by atoms with Crippen molar-refractivity contribution in [1.82, 2.24) is 0 Å². The number of rotatable bonds is 6. The summed E-state index contributed by atoms with van der Waals surface area (Å²) in [6, 6.07) is 8.46.